The zero-order chi connectivity index (χ0) is 13.1. The Morgan fingerprint density at radius 2 is 1.72 bits per heavy atom. The van der Waals surface area contributed by atoms with E-state index in [-0.39, 0.29) is 11.6 Å². The van der Waals surface area contributed by atoms with Crippen LogP contribution in [0.4, 0.5) is 4.39 Å². The van der Waals surface area contributed by atoms with Crippen LogP contribution in [0, 0.1) is 12.7 Å². The molecule has 94 valence electrons. The number of hydrogen-bond acceptors (Lipinski definition) is 2. The van der Waals surface area contributed by atoms with Gasteiger partial charge in [-0.3, -0.25) is 0 Å². The SMILES string of the molecule is Cc1cccc(Oc2ccccc2[C@H](C)O)c1F. The molecule has 0 saturated carbocycles. The number of aliphatic hydroxyl groups is 1. The Morgan fingerprint density at radius 1 is 1.06 bits per heavy atom. The number of para-hydroxylation sites is 1. The van der Waals surface area contributed by atoms with Crippen LogP contribution in [-0.4, -0.2) is 5.11 Å². The lowest BCUT2D eigenvalue weighted by Gasteiger charge is -2.13. The van der Waals surface area contributed by atoms with Crippen molar-refractivity contribution in [2.75, 3.05) is 0 Å². The summed E-state index contributed by atoms with van der Waals surface area (Å²) in [6, 6.07) is 12.1. The summed E-state index contributed by atoms with van der Waals surface area (Å²) in [6.45, 7) is 3.33. The first-order valence-electron chi connectivity index (χ1n) is 5.79. The molecule has 1 N–H and O–H groups in total. The third kappa shape index (κ3) is 2.51. The van der Waals surface area contributed by atoms with Crippen LogP contribution in [0.5, 0.6) is 11.5 Å². The van der Waals surface area contributed by atoms with Gasteiger partial charge < -0.3 is 9.84 Å². The maximum atomic E-state index is 13.8. The highest BCUT2D eigenvalue weighted by Gasteiger charge is 2.12. The molecule has 1 atom stereocenters. The van der Waals surface area contributed by atoms with E-state index < -0.39 is 6.10 Å². The quantitative estimate of drug-likeness (QED) is 0.887. The van der Waals surface area contributed by atoms with Gasteiger partial charge in [0.05, 0.1) is 6.10 Å². The molecule has 0 heterocycles. The summed E-state index contributed by atoms with van der Waals surface area (Å²) in [6.07, 6.45) is -0.658. The summed E-state index contributed by atoms with van der Waals surface area (Å²) in [5.74, 6) is 0.262. The predicted octanol–water partition coefficient (Wildman–Crippen LogP) is 3.98. The second-order valence-corrected chi connectivity index (χ2v) is 4.20. The van der Waals surface area contributed by atoms with Crippen molar-refractivity contribution >= 4 is 0 Å². The summed E-state index contributed by atoms with van der Waals surface area (Å²) in [7, 11) is 0. The second kappa shape index (κ2) is 5.19. The van der Waals surface area contributed by atoms with Crippen molar-refractivity contribution in [3.05, 3.63) is 59.4 Å². The first-order chi connectivity index (χ1) is 8.59. The van der Waals surface area contributed by atoms with E-state index in [0.717, 1.165) is 0 Å². The average Bonchev–Trinajstić information content (AvgIpc) is 2.35. The average molecular weight is 246 g/mol. The number of halogens is 1. The third-order valence-electron chi connectivity index (χ3n) is 2.75. The van der Waals surface area contributed by atoms with Gasteiger partial charge in [-0.25, -0.2) is 4.39 Å². The second-order valence-electron chi connectivity index (χ2n) is 4.20. The molecule has 0 saturated heterocycles. The van der Waals surface area contributed by atoms with Gasteiger partial charge in [0, 0.05) is 5.56 Å². The van der Waals surface area contributed by atoms with Crippen LogP contribution < -0.4 is 4.74 Å². The lowest BCUT2D eigenvalue weighted by Crippen LogP contribution is -1.97. The van der Waals surface area contributed by atoms with E-state index in [1.807, 2.05) is 6.07 Å². The van der Waals surface area contributed by atoms with Gasteiger partial charge in [0.25, 0.3) is 0 Å². The molecule has 2 nitrogen and oxygen atoms in total. The first kappa shape index (κ1) is 12.6. The van der Waals surface area contributed by atoms with E-state index in [1.165, 1.54) is 0 Å². The maximum absolute atomic E-state index is 13.8. The number of hydrogen-bond donors (Lipinski definition) is 1. The number of aryl methyl sites for hydroxylation is 1. The van der Waals surface area contributed by atoms with E-state index >= 15 is 0 Å². The maximum Gasteiger partial charge on any atom is 0.168 e. The van der Waals surface area contributed by atoms with E-state index in [0.29, 0.717) is 16.9 Å². The highest BCUT2D eigenvalue weighted by Crippen LogP contribution is 2.31. The minimum absolute atomic E-state index is 0.170. The monoisotopic (exact) mass is 246 g/mol. The highest BCUT2D eigenvalue weighted by molar-refractivity contribution is 5.40. The summed E-state index contributed by atoms with van der Waals surface area (Å²) < 4.78 is 19.4. The van der Waals surface area contributed by atoms with E-state index in [2.05, 4.69) is 0 Å². The lowest BCUT2D eigenvalue weighted by molar-refractivity contribution is 0.195. The largest absolute Gasteiger partial charge is 0.454 e. The van der Waals surface area contributed by atoms with Crippen molar-refractivity contribution in [2.45, 2.75) is 20.0 Å². The van der Waals surface area contributed by atoms with Gasteiger partial charge in [-0.05, 0) is 31.5 Å². The zero-order valence-corrected chi connectivity index (χ0v) is 10.4. The van der Waals surface area contributed by atoms with Crippen LogP contribution in [0.3, 0.4) is 0 Å². The van der Waals surface area contributed by atoms with Gasteiger partial charge in [0.2, 0.25) is 0 Å². The molecule has 18 heavy (non-hydrogen) atoms. The number of rotatable bonds is 3. The van der Waals surface area contributed by atoms with E-state index in [1.54, 1.807) is 50.2 Å². The highest BCUT2D eigenvalue weighted by atomic mass is 19.1. The molecule has 0 aliphatic rings. The van der Waals surface area contributed by atoms with Gasteiger partial charge in [0.15, 0.2) is 11.6 Å². The molecule has 0 radical (unpaired) electrons. The normalized spacial score (nSPS) is 12.2. The first-order valence-corrected chi connectivity index (χ1v) is 5.79. The van der Waals surface area contributed by atoms with Crippen molar-refractivity contribution in [2.24, 2.45) is 0 Å². The van der Waals surface area contributed by atoms with Crippen LogP contribution in [0.2, 0.25) is 0 Å². The van der Waals surface area contributed by atoms with Crippen molar-refractivity contribution in [1.29, 1.82) is 0 Å². The number of ether oxygens (including phenoxy) is 1. The molecule has 0 bridgehead atoms. The molecule has 0 spiro atoms. The Hall–Kier alpha value is -1.87. The summed E-state index contributed by atoms with van der Waals surface area (Å²) >= 11 is 0. The van der Waals surface area contributed by atoms with Crippen LogP contribution >= 0.6 is 0 Å². The fourth-order valence-corrected chi connectivity index (χ4v) is 1.74. The smallest absolute Gasteiger partial charge is 0.168 e. The van der Waals surface area contributed by atoms with Crippen LogP contribution in [0.25, 0.3) is 0 Å². The third-order valence-corrected chi connectivity index (χ3v) is 2.75. The Kier molecular flexibility index (Phi) is 3.63. The molecule has 2 aromatic carbocycles. The van der Waals surface area contributed by atoms with Gasteiger partial charge in [0.1, 0.15) is 5.75 Å². The van der Waals surface area contributed by atoms with Crippen molar-refractivity contribution in [1.82, 2.24) is 0 Å². The Morgan fingerprint density at radius 3 is 2.44 bits per heavy atom. The molecule has 0 aromatic heterocycles. The minimum atomic E-state index is -0.658. The summed E-state index contributed by atoms with van der Waals surface area (Å²) in [5, 5.41) is 9.63. The van der Waals surface area contributed by atoms with Crippen molar-refractivity contribution in [3.63, 3.8) is 0 Å². The summed E-state index contributed by atoms with van der Waals surface area (Å²) in [4.78, 5) is 0. The molecule has 2 rings (SSSR count). The molecular weight excluding hydrogens is 231 g/mol. The lowest BCUT2D eigenvalue weighted by atomic mass is 10.1. The van der Waals surface area contributed by atoms with Crippen LogP contribution in [0.15, 0.2) is 42.5 Å². The Balaban J connectivity index is 2.37. The molecular formula is C15H15FO2. The number of benzene rings is 2. The van der Waals surface area contributed by atoms with Crippen LogP contribution in [-0.2, 0) is 0 Å². The van der Waals surface area contributed by atoms with Gasteiger partial charge in [-0.2, -0.15) is 0 Å². The van der Waals surface area contributed by atoms with Crippen LogP contribution in [0.1, 0.15) is 24.2 Å². The minimum Gasteiger partial charge on any atom is -0.454 e. The van der Waals surface area contributed by atoms with Crippen molar-refractivity contribution in [3.8, 4) is 11.5 Å². The van der Waals surface area contributed by atoms with E-state index in [9.17, 15) is 9.50 Å². The molecule has 0 fully saturated rings. The predicted molar refractivity (Wildman–Crippen MR) is 68.3 cm³/mol. The Labute approximate surface area is 106 Å². The standard InChI is InChI=1S/C15H15FO2/c1-10-6-5-9-14(15(10)16)18-13-8-4-3-7-12(13)11(2)17/h3-9,11,17H,1-2H3/t11-/m0/s1. The Bertz CT molecular complexity index is 550. The summed E-state index contributed by atoms with van der Waals surface area (Å²) in [5.41, 5.74) is 1.17. The topological polar surface area (TPSA) is 29.5 Å². The zero-order valence-electron chi connectivity index (χ0n) is 10.4. The fourth-order valence-electron chi connectivity index (χ4n) is 1.74. The van der Waals surface area contributed by atoms with E-state index in [4.69, 9.17) is 4.74 Å². The molecule has 0 aliphatic heterocycles. The fraction of sp³-hybridized carbons (Fsp3) is 0.200. The number of aliphatic hydroxyl groups excluding tert-OH is 1. The molecule has 3 heteroatoms. The van der Waals surface area contributed by atoms with Crippen molar-refractivity contribution < 1.29 is 14.2 Å². The molecule has 0 amide bonds. The molecule has 0 aliphatic carbocycles. The molecule has 0 unspecified atom stereocenters. The van der Waals surface area contributed by atoms with Gasteiger partial charge >= 0.3 is 0 Å². The van der Waals surface area contributed by atoms with Gasteiger partial charge in [-0.15, -0.1) is 0 Å². The van der Waals surface area contributed by atoms with Gasteiger partial charge in [-0.1, -0.05) is 30.3 Å². The molecule has 2 aromatic rings.